The van der Waals surface area contributed by atoms with Crippen LogP contribution in [-0.4, -0.2) is 5.12 Å². The van der Waals surface area contributed by atoms with E-state index in [1.165, 1.54) is 0 Å². The smallest absolute Gasteiger partial charge is 0.219 e. The lowest BCUT2D eigenvalue weighted by Crippen LogP contribution is -2.02. The van der Waals surface area contributed by atoms with Gasteiger partial charge < -0.3 is 0 Å². The fourth-order valence-electron chi connectivity index (χ4n) is 0.842. The highest BCUT2D eigenvalue weighted by molar-refractivity contribution is 7.97. The van der Waals surface area contributed by atoms with Crippen LogP contribution in [0.3, 0.4) is 0 Å². The maximum Gasteiger partial charge on any atom is 0.219 e. The van der Waals surface area contributed by atoms with Crippen molar-refractivity contribution in [2.45, 2.75) is 6.92 Å². The zero-order chi connectivity index (χ0) is 10.2. The minimum absolute atomic E-state index is 0.448. The number of halogens is 3. The fraction of sp³-hybridized carbons (Fsp3) is 0.125. The fourth-order valence-corrected chi connectivity index (χ4v) is 1.00. The van der Waals surface area contributed by atoms with Gasteiger partial charge in [-0.2, -0.15) is 0 Å². The maximum atomic E-state index is 12.9. The van der Waals surface area contributed by atoms with Crippen LogP contribution in [0.1, 0.15) is 15.9 Å². The molecule has 0 saturated heterocycles. The van der Waals surface area contributed by atoms with E-state index in [4.69, 9.17) is 0 Å². The van der Waals surface area contributed by atoms with E-state index in [2.05, 4.69) is 12.6 Å². The molecule has 0 unspecified atom stereocenters. The van der Waals surface area contributed by atoms with E-state index in [1.54, 1.807) is 0 Å². The van der Waals surface area contributed by atoms with Gasteiger partial charge in [0.2, 0.25) is 5.12 Å². The molecule has 0 amide bonds. The predicted octanol–water partition coefficient (Wildman–Crippen LogP) is 2.48. The molecule has 1 rings (SSSR count). The van der Waals surface area contributed by atoms with E-state index in [-0.39, 0.29) is 0 Å². The zero-order valence-corrected chi connectivity index (χ0v) is 7.46. The number of hydrogen-bond acceptors (Lipinski definition) is 1. The van der Waals surface area contributed by atoms with E-state index in [0.717, 1.165) is 6.92 Å². The normalized spacial score (nSPS) is 10.2. The highest BCUT2D eigenvalue weighted by Crippen LogP contribution is 2.20. The molecule has 1 nitrogen and oxygen atoms in total. The summed E-state index contributed by atoms with van der Waals surface area (Å²) in [6, 6.07) is 0.628. The van der Waals surface area contributed by atoms with Gasteiger partial charge in [0, 0.05) is 5.56 Å². The summed E-state index contributed by atoms with van der Waals surface area (Å²) >= 11 is 3.27. The molecule has 0 aliphatic carbocycles. The second-order valence-corrected chi connectivity index (χ2v) is 2.87. The van der Waals surface area contributed by atoms with Crippen LogP contribution >= 0.6 is 12.6 Å². The second-order valence-electron chi connectivity index (χ2n) is 2.46. The van der Waals surface area contributed by atoms with Crippen molar-refractivity contribution in [1.82, 2.24) is 0 Å². The molecule has 0 aliphatic heterocycles. The molecule has 0 spiro atoms. The molecule has 0 heterocycles. The monoisotopic (exact) mass is 206 g/mol. The Hall–Kier alpha value is -0.970. The largest absolute Gasteiger partial charge is 0.282 e. The summed E-state index contributed by atoms with van der Waals surface area (Å²) in [5.74, 6) is -3.67. The van der Waals surface area contributed by atoms with Gasteiger partial charge in [0.05, 0.1) is 5.56 Å². The summed E-state index contributed by atoms with van der Waals surface area (Å²) in [7, 11) is 0. The minimum Gasteiger partial charge on any atom is -0.282 e. The summed E-state index contributed by atoms with van der Waals surface area (Å²) in [5, 5.41) is -1.00. The van der Waals surface area contributed by atoms with Gasteiger partial charge in [0.15, 0.2) is 11.6 Å². The average Bonchev–Trinajstić information content (AvgIpc) is 2.07. The molecule has 5 heteroatoms. The van der Waals surface area contributed by atoms with Gasteiger partial charge in [-0.1, -0.05) is 0 Å². The summed E-state index contributed by atoms with van der Waals surface area (Å²) in [6.07, 6.45) is 0. The van der Waals surface area contributed by atoms with Crippen molar-refractivity contribution in [1.29, 1.82) is 0 Å². The summed E-state index contributed by atoms with van der Waals surface area (Å²) < 4.78 is 38.5. The minimum atomic E-state index is -1.36. The van der Waals surface area contributed by atoms with Gasteiger partial charge in [0.1, 0.15) is 5.82 Å². The van der Waals surface area contributed by atoms with Crippen molar-refractivity contribution in [3.05, 3.63) is 34.6 Å². The molecule has 1 aromatic carbocycles. The molecule has 0 aromatic heterocycles. The Morgan fingerprint density at radius 3 is 2.31 bits per heavy atom. The molecule has 0 fully saturated rings. The molecule has 0 radical (unpaired) electrons. The van der Waals surface area contributed by atoms with Crippen LogP contribution < -0.4 is 0 Å². The first-order valence-corrected chi connectivity index (χ1v) is 3.77. The van der Waals surface area contributed by atoms with Gasteiger partial charge >= 0.3 is 0 Å². The Labute approximate surface area is 78.0 Å². The molecule has 70 valence electrons. The number of rotatable bonds is 1. The second kappa shape index (κ2) is 3.41. The van der Waals surface area contributed by atoms with Crippen LogP contribution in [0.2, 0.25) is 0 Å². The highest BCUT2D eigenvalue weighted by Gasteiger charge is 2.18. The first kappa shape index (κ1) is 10.1. The van der Waals surface area contributed by atoms with E-state index in [1.807, 2.05) is 0 Å². The van der Waals surface area contributed by atoms with E-state index in [9.17, 15) is 18.0 Å². The highest BCUT2D eigenvalue weighted by atomic mass is 32.1. The Morgan fingerprint density at radius 1 is 1.31 bits per heavy atom. The molecule has 1 aromatic rings. The number of carbonyl (C=O) groups excluding carboxylic acids is 1. The summed E-state index contributed by atoms with van der Waals surface area (Å²) in [4.78, 5) is 10.6. The number of benzene rings is 1. The Bertz CT molecular complexity index is 376. The van der Waals surface area contributed by atoms with E-state index < -0.39 is 33.7 Å². The lowest BCUT2D eigenvalue weighted by molar-refractivity contribution is 0.108. The third kappa shape index (κ3) is 1.70. The van der Waals surface area contributed by atoms with E-state index >= 15 is 0 Å². The van der Waals surface area contributed by atoms with Crippen LogP contribution in [0, 0.1) is 24.4 Å². The van der Waals surface area contributed by atoms with Crippen molar-refractivity contribution in [3.63, 3.8) is 0 Å². The number of hydrogen-bond donors (Lipinski definition) is 1. The molecule has 13 heavy (non-hydrogen) atoms. The van der Waals surface area contributed by atoms with Gasteiger partial charge in [-0.3, -0.25) is 4.79 Å². The molecule has 0 atom stereocenters. The number of carbonyl (C=O) groups is 1. The first-order valence-electron chi connectivity index (χ1n) is 3.32. The molecular formula is C8H5F3OS. The quantitative estimate of drug-likeness (QED) is 0.551. The predicted molar refractivity (Wildman–Crippen MR) is 44.4 cm³/mol. The van der Waals surface area contributed by atoms with Gasteiger partial charge in [-0.25, -0.2) is 13.2 Å². The van der Waals surface area contributed by atoms with E-state index in [0.29, 0.717) is 6.07 Å². The molecular weight excluding hydrogens is 201 g/mol. The summed E-state index contributed by atoms with van der Waals surface area (Å²) in [5.41, 5.74) is -1.14. The molecule has 0 aliphatic rings. The third-order valence-electron chi connectivity index (χ3n) is 1.62. The lowest BCUT2D eigenvalue weighted by Gasteiger charge is -2.03. The first-order chi connectivity index (χ1) is 5.95. The Balaban J connectivity index is 3.50. The van der Waals surface area contributed by atoms with Crippen molar-refractivity contribution >= 4 is 17.7 Å². The van der Waals surface area contributed by atoms with Crippen LogP contribution in [0.5, 0.6) is 0 Å². The van der Waals surface area contributed by atoms with Crippen molar-refractivity contribution in [3.8, 4) is 0 Å². The number of thiol groups is 1. The average molecular weight is 206 g/mol. The van der Waals surface area contributed by atoms with Crippen molar-refractivity contribution in [2.24, 2.45) is 0 Å². The standard InChI is InChI=1S/C8H5F3OS/c1-3-5(9)2-4(8(12)13)7(11)6(3)10/h2H,1H3,(H,12,13). The SMILES string of the molecule is Cc1c(F)cc(C(=O)S)c(F)c1F. The maximum absolute atomic E-state index is 12.9. The summed E-state index contributed by atoms with van der Waals surface area (Å²) in [6.45, 7) is 1.08. The Morgan fingerprint density at radius 2 is 1.85 bits per heavy atom. The van der Waals surface area contributed by atoms with Crippen LogP contribution in [0.25, 0.3) is 0 Å². The van der Waals surface area contributed by atoms with Crippen LogP contribution in [-0.2, 0) is 0 Å². The van der Waals surface area contributed by atoms with Gasteiger partial charge in [-0.05, 0) is 13.0 Å². The van der Waals surface area contributed by atoms with Gasteiger partial charge in [-0.15, -0.1) is 12.6 Å². The van der Waals surface area contributed by atoms with Crippen LogP contribution in [0.4, 0.5) is 13.2 Å². The van der Waals surface area contributed by atoms with Gasteiger partial charge in [0.25, 0.3) is 0 Å². The van der Waals surface area contributed by atoms with Crippen molar-refractivity contribution in [2.75, 3.05) is 0 Å². The zero-order valence-electron chi connectivity index (χ0n) is 6.57. The third-order valence-corrected chi connectivity index (χ3v) is 1.86. The molecule has 0 bridgehead atoms. The lowest BCUT2D eigenvalue weighted by atomic mass is 10.1. The van der Waals surface area contributed by atoms with Crippen molar-refractivity contribution < 1.29 is 18.0 Å². The van der Waals surface area contributed by atoms with Crippen LogP contribution in [0.15, 0.2) is 6.07 Å². The topological polar surface area (TPSA) is 17.1 Å². The molecule has 0 saturated carbocycles. The molecule has 0 N–H and O–H groups in total. The Kier molecular flexibility index (Phi) is 2.66.